The summed E-state index contributed by atoms with van der Waals surface area (Å²) in [6.45, 7) is 1.65. The second-order valence-corrected chi connectivity index (χ2v) is 5.32. The lowest BCUT2D eigenvalue weighted by atomic mass is 10.4. The van der Waals surface area contributed by atoms with E-state index in [1.165, 1.54) is 29.8 Å². The molecule has 2 aromatic rings. The Morgan fingerprint density at radius 1 is 1.45 bits per heavy atom. The molecule has 0 radical (unpaired) electrons. The van der Waals surface area contributed by atoms with Gasteiger partial charge in [0.2, 0.25) is 5.13 Å². The fraction of sp³-hybridized carbons (Fsp3) is 0.286. The normalized spacial score (nSPS) is 10.8. The number of rotatable bonds is 7. The molecule has 0 saturated heterocycles. The molecule has 0 bridgehead atoms. The Morgan fingerprint density at radius 2 is 2.32 bits per heavy atom. The number of anilines is 1. The smallest absolute Gasteiger partial charge is 0.331 e. The summed E-state index contributed by atoms with van der Waals surface area (Å²) in [5, 5.41) is 11.6. The van der Waals surface area contributed by atoms with Gasteiger partial charge in [-0.15, -0.1) is 10.2 Å². The van der Waals surface area contributed by atoms with Crippen LogP contribution in [0.2, 0.25) is 0 Å². The zero-order valence-electron chi connectivity index (χ0n) is 11.9. The standard InChI is InChI=1S/C14H15N3O4S/c1-2-4-12-16-17-14(22-12)15-11(18)9-21-13(19)7-6-10-5-3-8-20-10/h3,5-8H,2,4,9H2,1H3,(H,15,17,18). The van der Waals surface area contributed by atoms with Crippen molar-refractivity contribution < 1.29 is 18.7 Å². The van der Waals surface area contributed by atoms with Gasteiger partial charge in [0.05, 0.1) is 6.26 Å². The number of nitrogens with zero attached hydrogens (tertiary/aromatic N) is 2. The molecule has 0 aromatic carbocycles. The second kappa shape index (κ2) is 8.08. The van der Waals surface area contributed by atoms with Gasteiger partial charge in [-0.1, -0.05) is 18.3 Å². The molecule has 0 fully saturated rings. The number of carbonyl (C=O) groups is 2. The molecule has 0 aliphatic carbocycles. The van der Waals surface area contributed by atoms with Crippen molar-refractivity contribution in [1.29, 1.82) is 0 Å². The molecule has 116 valence electrons. The molecule has 2 aromatic heterocycles. The van der Waals surface area contributed by atoms with Gasteiger partial charge in [0.25, 0.3) is 5.91 Å². The van der Waals surface area contributed by atoms with Gasteiger partial charge in [-0.25, -0.2) is 4.79 Å². The van der Waals surface area contributed by atoms with Crippen LogP contribution in [-0.2, 0) is 20.7 Å². The van der Waals surface area contributed by atoms with Gasteiger partial charge in [0, 0.05) is 12.5 Å². The maximum atomic E-state index is 11.6. The van der Waals surface area contributed by atoms with E-state index in [9.17, 15) is 9.59 Å². The van der Waals surface area contributed by atoms with Crippen molar-refractivity contribution in [3.05, 3.63) is 35.2 Å². The van der Waals surface area contributed by atoms with Crippen LogP contribution in [0.25, 0.3) is 6.08 Å². The van der Waals surface area contributed by atoms with E-state index in [2.05, 4.69) is 15.5 Å². The highest BCUT2D eigenvalue weighted by Crippen LogP contribution is 2.16. The third-order valence-electron chi connectivity index (χ3n) is 2.45. The van der Waals surface area contributed by atoms with Crippen LogP contribution < -0.4 is 5.32 Å². The first-order chi connectivity index (χ1) is 10.7. The highest BCUT2D eigenvalue weighted by Gasteiger charge is 2.09. The molecular weight excluding hydrogens is 306 g/mol. The van der Waals surface area contributed by atoms with Crippen LogP contribution >= 0.6 is 11.3 Å². The molecule has 2 rings (SSSR count). The highest BCUT2D eigenvalue weighted by atomic mass is 32.1. The summed E-state index contributed by atoms with van der Waals surface area (Å²) in [5.74, 6) is -0.562. The van der Waals surface area contributed by atoms with Crippen LogP contribution in [0.3, 0.4) is 0 Å². The van der Waals surface area contributed by atoms with Gasteiger partial charge in [-0.2, -0.15) is 0 Å². The van der Waals surface area contributed by atoms with Gasteiger partial charge in [-0.3, -0.25) is 10.1 Å². The van der Waals surface area contributed by atoms with E-state index < -0.39 is 11.9 Å². The zero-order valence-corrected chi connectivity index (χ0v) is 12.8. The minimum Gasteiger partial charge on any atom is -0.465 e. The summed E-state index contributed by atoms with van der Waals surface area (Å²) >= 11 is 1.31. The van der Waals surface area contributed by atoms with E-state index in [0.29, 0.717) is 10.9 Å². The molecule has 2 heterocycles. The minimum atomic E-state index is -0.629. The number of aromatic nitrogens is 2. The third kappa shape index (κ3) is 5.13. The molecule has 0 unspecified atom stereocenters. The van der Waals surface area contributed by atoms with Gasteiger partial charge in [0.1, 0.15) is 10.8 Å². The molecule has 0 spiro atoms. The Kier molecular flexibility index (Phi) is 5.84. The Bertz CT molecular complexity index is 649. The van der Waals surface area contributed by atoms with Crippen molar-refractivity contribution >= 4 is 34.4 Å². The minimum absolute atomic E-state index is 0.385. The molecule has 0 aliphatic heterocycles. The van der Waals surface area contributed by atoms with E-state index in [4.69, 9.17) is 9.15 Å². The van der Waals surface area contributed by atoms with Crippen molar-refractivity contribution in [2.24, 2.45) is 0 Å². The molecule has 0 saturated carbocycles. The largest absolute Gasteiger partial charge is 0.465 e. The number of furan rings is 1. The average Bonchev–Trinajstić information content (AvgIpc) is 3.15. The Balaban J connectivity index is 1.73. The lowest BCUT2D eigenvalue weighted by Crippen LogP contribution is -2.20. The van der Waals surface area contributed by atoms with Gasteiger partial charge in [-0.05, 0) is 24.6 Å². The molecule has 22 heavy (non-hydrogen) atoms. The van der Waals surface area contributed by atoms with Crippen molar-refractivity contribution in [3.63, 3.8) is 0 Å². The van der Waals surface area contributed by atoms with E-state index in [0.717, 1.165) is 17.8 Å². The Labute approximate surface area is 131 Å². The molecule has 1 N–H and O–H groups in total. The van der Waals surface area contributed by atoms with Crippen LogP contribution in [0.5, 0.6) is 0 Å². The maximum Gasteiger partial charge on any atom is 0.331 e. The lowest BCUT2D eigenvalue weighted by molar-refractivity contribution is -0.142. The number of hydrogen-bond acceptors (Lipinski definition) is 7. The van der Waals surface area contributed by atoms with Crippen molar-refractivity contribution in [2.45, 2.75) is 19.8 Å². The quantitative estimate of drug-likeness (QED) is 0.621. The number of nitrogens with one attached hydrogen (secondary N) is 1. The molecule has 0 aliphatic rings. The first kappa shape index (κ1) is 15.9. The Hall–Kier alpha value is -2.48. The molecule has 0 atom stereocenters. The number of hydrogen-bond donors (Lipinski definition) is 1. The van der Waals surface area contributed by atoms with E-state index >= 15 is 0 Å². The number of ether oxygens (including phenoxy) is 1. The Morgan fingerprint density at radius 3 is 3.05 bits per heavy atom. The van der Waals surface area contributed by atoms with Crippen LogP contribution in [0, 0.1) is 0 Å². The van der Waals surface area contributed by atoms with Crippen LogP contribution in [0.15, 0.2) is 28.9 Å². The van der Waals surface area contributed by atoms with Gasteiger partial charge >= 0.3 is 5.97 Å². The van der Waals surface area contributed by atoms with Crippen molar-refractivity contribution in [1.82, 2.24) is 10.2 Å². The van der Waals surface area contributed by atoms with Crippen LogP contribution in [-0.4, -0.2) is 28.7 Å². The monoisotopic (exact) mass is 321 g/mol. The average molecular weight is 321 g/mol. The van der Waals surface area contributed by atoms with E-state index in [1.54, 1.807) is 12.1 Å². The summed E-state index contributed by atoms with van der Waals surface area (Å²) < 4.78 is 9.83. The topological polar surface area (TPSA) is 94.3 Å². The number of esters is 1. The predicted molar refractivity (Wildman–Crippen MR) is 81.2 cm³/mol. The summed E-state index contributed by atoms with van der Waals surface area (Å²) in [6.07, 6.45) is 5.92. The molecular formula is C14H15N3O4S. The second-order valence-electron chi connectivity index (χ2n) is 4.26. The molecule has 8 heteroatoms. The SMILES string of the molecule is CCCc1nnc(NC(=O)COC(=O)C=Cc2ccco2)s1. The maximum absolute atomic E-state index is 11.6. The first-order valence-corrected chi connectivity index (χ1v) is 7.49. The number of carbonyl (C=O) groups excluding carboxylic acids is 2. The number of amides is 1. The fourth-order valence-electron chi connectivity index (χ4n) is 1.50. The van der Waals surface area contributed by atoms with Crippen LogP contribution in [0.1, 0.15) is 24.1 Å². The molecule has 1 amide bonds. The lowest BCUT2D eigenvalue weighted by Gasteiger charge is -2.01. The van der Waals surface area contributed by atoms with E-state index in [1.807, 2.05) is 6.92 Å². The van der Waals surface area contributed by atoms with Gasteiger partial charge < -0.3 is 9.15 Å². The zero-order chi connectivity index (χ0) is 15.8. The molecule has 7 nitrogen and oxygen atoms in total. The van der Waals surface area contributed by atoms with Crippen LogP contribution in [0.4, 0.5) is 5.13 Å². The fourth-order valence-corrected chi connectivity index (χ4v) is 2.35. The van der Waals surface area contributed by atoms with Gasteiger partial charge in [0.15, 0.2) is 6.61 Å². The predicted octanol–water partition coefficient (Wildman–Crippen LogP) is 2.28. The number of aryl methyl sites for hydroxylation is 1. The summed E-state index contributed by atoms with van der Waals surface area (Å²) in [5.41, 5.74) is 0. The highest BCUT2D eigenvalue weighted by molar-refractivity contribution is 7.15. The third-order valence-corrected chi connectivity index (χ3v) is 3.35. The van der Waals surface area contributed by atoms with E-state index in [-0.39, 0.29) is 6.61 Å². The van der Waals surface area contributed by atoms with Crippen molar-refractivity contribution in [2.75, 3.05) is 11.9 Å². The summed E-state index contributed by atoms with van der Waals surface area (Å²) in [6, 6.07) is 3.40. The van der Waals surface area contributed by atoms with Crippen molar-refractivity contribution in [3.8, 4) is 0 Å². The summed E-state index contributed by atoms with van der Waals surface area (Å²) in [7, 11) is 0. The first-order valence-electron chi connectivity index (χ1n) is 6.68. The summed E-state index contributed by atoms with van der Waals surface area (Å²) in [4.78, 5) is 23.1.